The molecule has 0 spiro atoms. The van der Waals surface area contributed by atoms with Crippen molar-refractivity contribution in [2.45, 2.75) is 109 Å². The first-order valence-corrected chi connectivity index (χ1v) is 12.1. The highest BCUT2D eigenvalue weighted by molar-refractivity contribution is 6.81. The lowest BCUT2D eigenvalue weighted by atomic mass is 10.1. The van der Waals surface area contributed by atoms with Crippen molar-refractivity contribution < 1.29 is 14.6 Å². The molecule has 4 heteroatoms. The average molecular weight is 331 g/mol. The zero-order chi connectivity index (χ0) is 17.2. The van der Waals surface area contributed by atoms with E-state index in [1.54, 1.807) is 0 Å². The van der Waals surface area contributed by atoms with E-state index in [4.69, 9.17) is 9.84 Å². The van der Waals surface area contributed by atoms with Gasteiger partial charge in [-0.1, -0.05) is 92.2 Å². The summed E-state index contributed by atoms with van der Waals surface area (Å²) in [6.07, 6.45) is 9.95. The SMILES string of the molecule is CCCCCCCCCCC(OC(=O)O)[Si](C)(C)C(C)(C)C. The Morgan fingerprint density at radius 2 is 1.45 bits per heavy atom. The molecule has 132 valence electrons. The third-order valence-electron chi connectivity index (χ3n) is 5.30. The summed E-state index contributed by atoms with van der Waals surface area (Å²) in [5.74, 6) is 0. The van der Waals surface area contributed by atoms with E-state index in [-0.39, 0.29) is 10.8 Å². The summed E-state index contributed by atoms with van der Waals surface area (Å²) in [4.78, 5) is 11.0. The fraction of sp³-hybridized carbons (Fsp3) is 0.944. The minimum atomic E-state index is -1.79. The number of unbranched alkanes of at least 4 members (excludes halogenated alkanes) is 7. The van der Waals surface area contributed by atoms with E-state index >= 15 is 0 Å². The first-order valence-electron chi connectivity index (χ1n) is 9.02. The molecular weight excluding hydrogens is 292 g/mol. The number of rotatable bonds is 11. The van der Waals surface area contributed by atoms with Crippen LogP contribution in [0.4, 0.5) is 4.79 Å². The maximum absolute atomic E-state index is 11.0. The number of carbonyl (C=O) groups is 1. The Balaban J connectivity index is 4.20. The minimum absolute atomic E-state index is 0.0925. The van der Waals surface area contributed by atoms with Crippen molar-refractivity contribution >= 4 is 14.2 Å². The topological polar surface area (TPSA) is 46.5 Å². The monoisotopic (exact) mass is 330 g/mol. The van der Waals surface area contributed by atoms with E-state index in [1.165, 1.54) is 44.9 Å². The van der Waals surface area contributed by atoms with Crippen LogP contribution >= 0.6 is 0 Å². The van der Waals surface area contributed by atoms with Crippen LogP contribution < -0.4 is 0 Å². The van der Waals surface area contributed by atoms with Gasteiger partial charge in [0.2, 0.25) is 0 Å². The number of hydrogen-bond donors (Lipinski definition) is 1. The molecule has 1 unspecified atom stereocenters. The summed E-state index contributed by atoms with van der Waals surface area (Å²) in [7, 11) is -1.79. The molecule has 22 heavy (non-hydrogen) atoms. The second-order valence-corrected chi connectivity index (χ2v) is 13.7. The van der Waals surface area contributed by atoms with Gasteiger partial charge in [0.25, 0.3) is 0 Å². The second-order valence-electron chi connectivity index (χ2n) is 8.11. The molecule has 0 aliphatic heterocycles. The van der Waals surface area contributed by atoms with Crippen molar-refractivity contribution in [2.75, 3.05) is 0 Å². The molecule has 0 radical (unpaired) electrons. The minimum Gasteiger partial charge on any atom is -0.450 e. The molecule has 0 bridgehead atoms. The van der Waals surface area contributed by atoms with E-state index in [0.29, 0.717) is 0 Å². The highest BCUT2D eigenvalue weighted by Gasteiger charge is 2.44. The zero-order valence-corrected chi connectivity index (χ0v) is 16.7. The van der Waals surface area contributed by atoms with Crippen LogP contribution in [-0.2, 0) is 4.74 Å². The summed E-state index contributed by atoms with van der Waals surface area (Å²) in [6, 6.07) is 0. The van der Waals surface area contributed by atoms with Crippen LogP contribution in [0.1, 0.15) is 85.5 Å². The highest BCUT2D eigenvalue weighted by Crippen LogP contribution is 2.40. The van der Waals surface area contributed by atoms with Crippen molar-refractivity contribution in [3.63, 3.8) is 0 Å². The molecule has 0 saturated heterocycles. The fourth-order valence-electron chi connectivity index (χ4n) is 2.64. The van der Waals surface area contributed by atoms with Crippen LogP contribution in [-0.4, -0.2) is 25.1 Å². The van der Waals surface area contributed by atoms with Crippen molar-refractivity contribution in [1.29, 1.82) is 0 Å². The fourth-order valence-corrected chi connectivity index (χ4v) is 4.92. The van der Waals surface area contributed by atoms with Crippen LogP contribution in [0.2, 0.25) is 18.1 Å². The van der Waals surface area contributed by atoms with Crippen LogP contribution in [0.15, 0.2) is 0 Å². The average Bonchev–Trinajstić information content (AvgIpc) is 2.38. The summed E-state index contributed by atoms with van der Waals surface area (Å²) in [5, 5.41) is 9.18. The van der Waals surface area contributed by atoms with Gasteiger partial charge in [-0.15, -0.1) is 0 Å². The van der Waals surface area contributed by atoms with E-state index in [2.05, 4.69) is 40.8 Å². The molecule has 0 aromatic rings. The van der Waals surface area contributed by atoms with Crippen molar-refractivity contribution in [3.05, 3.63) is 0 Å². The molecule has 0 rings (SSSR count). The maximum Gasteiger partial charge on any atom is 0.505 e. The van der Waals surface area contributed by atoms with Gasteiger partial charge in [0.05, 0.1) is 5.73 Å². The molecule has 0 aromatic carbocycles. The molecule has 0 aliphatic carbocycles. The Labute approximate surface area is 138 Å². The second kappa shape index (κ2) is 10.3. The molecule has 1 atom stereocenters. The Morgan fingerprint density at radius 1 is 1.00 bits per heavy atom. The van der Waals surface area contributed by atoms with Gasteiger partial charge in [-0.3, -0.25) is 0 Å². The van der Waals surface area contributed by atoms with Gasteiger partial charge in [0, 0.05) is 0 Å². The highest BCUT2D eigenvalue weighted by atomic mass is 28.3. The molecule has 0 amide bonds. The lowest BCUT2D eigenvalue weighted by Crippen LogP contribution is -2.51. The van der Waals surface area contributed by atoms with Crippen molar-refractivity contribution in [2.24, 2.45) is 0 Å². The quantitative estimate of drug-likeness (QED) is 0.263. The molecule has 0 aliphatic rings. The summed E-state index contributed by atoms with van der Waals surface area (Å²) in [6.45, 7) is 13.4. The Bertz CT molecular complexity index is 308. The Hall–Kier alpha value is -0.513. The summed E-state index contributed by atoms with van der Waals surface area (Å²) < 4.78 is 5.28. The zero-order valence-electron chi connectivity index (χ0n) is 15.7. The molecule has 1 N–H and O–H groups in total. The van der Waals surface area contributed by atoms with Gasteiger partial charge in [-0.25, -0.2) is 4.79 Å². The molecule has 3 nitrogen and oxygen atoms in total. The first kappa shape index (κ1) is 21.5. The third kappa shape index (κ3) is 8.21. The van der Waals surface area contributed by atoms with E-state index < -0.39 is 14.2 Å². The van der Waals surface area contributed by atoms with Gasteiger partial charge in [0.15, 0.2) is 0 Å². The van der Waals surface area contributed by atoms with Crippen LogP contribution in [0.25, 0.3) is 0 Å². The first-order chi connectivity index (χ1) is 10.1. The molecular formula is C18H38O3Si. The third-order valence-corrected chi connectivity index (χ3v) is 11.2. The molecule has 0 fully saturated rings. The standard InChI is InChI=1S/C18H38O3Si/c1-7-8-9-10-11-12-13-14-15-16(21-17(19)20)22(5,6)18(2,3)4/h16H,7-15H2,1-6H3,(H,19,20). The van der Waals surface area contributed by atoms with Gasteiger partial charge < -0.3 is 9.84 Å². The molecule has 0 aromatic heterocycles. The lowest BCUT2D eigenvalue weighted by Gasteiger charge is -2.42. The van der Waals surface area contributed by atoms with E-state index in [9.17, 15) is 4.79 Å². The van der Waals surface area contributed by atoms with Gasteiger partial charge >= 0.3 is 6.16 Å². The van der Waals surface area contributed by atoms with E-state index in [0.717, 1.165) is 12.8 Å². The number of ether oxygens (including phenoxy) is 1. The van der Waals surface area contributed by atoms with Gasteiger partial charge in [0.1, 0.15) is 8.07 Å². The smallest absolute Gasteiger partial charge is 0.450 e. The normalized spacial score (nSPS) is 13.9. The predicted molar refractivity (Wildman–Crippen MR) is 97.3 cm³/mol. The van der Waals surface area contributed by atoms with E-state index in [1.807, 2.05) is 0 Å². The summed E-state index contributed by atoms with van der Waals surface area (Å²) in [5.41, 5.74) is -0.0925. The van der Waals surface area contributed by atoms with Crippen LogP contribution in [0.3, 0.4) is 0 Å². The van der Waals surface area contributed by atoms with Gasteiger partial charge in [-0.05, 0) is 11.5 Å². The largest absolute Gasteiger partial charge is 0.505 e. The molecule has 0 heterocycles. The lowest BCUT2D eigenvalue weighted by molar-refractivity contribution is 0.0712. The van der Waals surface area contributed by atoms with Crippen LogP contribution in [0.5, 0.6) is 0 Å². The predicted octanol–water partition coefficient (Wildman–Crippen LogP) is 6.63. The number of carboxylic acid groups (broad SMARTS) is 1. The number of hydrogen-bond acceptors (Lipinski definition) is 2. The van der Waals surface area contributed by atoms with Crippen molar-refractivity contribution in [1.82, 2.24) is 0 Å². The maximum atomic E-state index is 11.0. The summed E-state index contributed by atoms with van der Waals surface area (Å²) >= 11 is 0. The molecule has 0 saturated carbocycles. The Morgan fingerprint density at radius 3 is 1.86 bits per heavy atom. The van der Waals surface area contributed by atoms with Crippen LogP contribution in [0, 0.1) is 0 Å². The van der Waals surface area contributed by atoms with Gasteiger partial charge in [-0.2, -0.15) is 0 Å². The Kier molecular flexibility index (Phi) is 10.1. The van der Waals surface area contributed by atoms with Crippen molar-refractivity contribution in [3.8, 4) is 0 Å².